The molecule has 3 N–H and O–H groups in total. The van der Waals surface area contributed by atoms with E-state index in [1.54, 1.807) is 30.2 Å². The zero-order valence-corrected chi connectivity index (χ0v) is 17.0. The van der Waals surface area contributed by atoms with Crippen molar-refractivity contribution in [3.8, 4) is 11.3 Å². The van der Waals surface area contributed by atoms with Crippen LogP contribution in [0, 0.1) is 13.8 Å². The third-order valence-electron chi connectivity index (χ3n) is 4.86. The summed E-state index contributed by atoms with van der Waals surface area (Å²) in [7, 11) is 1.75. The van der Waals surface area contributed by atoms with E-state index >= 15 is 0 Å². The summed E-state index contributed by atoms with van der Waals surface area (Å²) in [5.74, 6) is 0.664. The number of benzene rings is 1. The van der Waals surface area contributed by atoms with Gasteiger partial charge in [0.2, 0.25) is 5.78 Å². The van der Waals surface area contributed by atoms with Crippen LogP contribution in [-0.2, 0) is 13.6 Å². The standard InChI is InChI=1S/C20H20ClN7O/c1-11-8-13(21)4-5-14(11)18-15(9-22)12(2)24-20-25-16(10-28(18)20)19(29)26-17-6-7-23-27(17)3/h4-8,10H,9,22H2,1-3H3,(H,26,29). The highest BCUT2D eigenvalue weighted by molar-refractivity contribution is 6.30. The van der Waals surface area contributed by atoms with E-state index in [9.17, 15) is 4.79 Å². The lowest BCUT2D eigenvalue weighted by Gasteiger charge is -2.15. The maximum Gasteiger partial charge on any atom is 0.277 e. The molecule has 29 heavy (non-hydrogen) atoms. The normalized spacial score (nSPS) is 11.2. The summed E-state index contributed by atoms with van der Waals surface area (Å²) in [5, 5.41) is 7.51. The second kappa shape index (κ2) is 7.31. The topological polar surface area (TPSA) is 103 Å². The van der Waals surface area contributed by atoms with Crippen LogP contribution in [0.2, 0.25) is 5.02 Å². The van der Waals surface area contributed by atoms with Gasteiger partial charge in [-0.05, 0) is 31.5 Å². The number of carbonyl (C=O) groups excluding carboxylic acids is 1. The highest BCUT2D eigenvalue weighted by Gasteiger charge is 2.20. The van der Waals surface area contributed by atoms with Crippen molar-refractivity contribution >= 4 is 29.1 Å². The van der Waals surface area contributed by atoms with Crippen molar-refractivity contribution in [1.82, 2.24) is 24.1 Å². The first kappa shape index (κ1) is 19.1. The SMILES string of the molecule is Cc1cc(Cl)ccc1-c1c(CN)c(C)nc2nc(C(=O)Nc3ccnn3C)cn12. The number of nitrogens with one attached hydrogen (secondary N) is 1. The molecule has 0 aliphatic heterocycles. The molecule has 9 heteroatoms. The number of fused-ring (bicyclic) bond motifs is 1. The number of carbonyl (C=O) groups is 1. The molecular formula is C20H20ClN7O. The Hall–Kier alpha value is -3.23. The van der Waals surface area contributed by atoms with Gasteiger partial charge in [-0.15, -0.1) is 0 Å². The predicted molar refractivity (Wildman–Crippen MR) is 112 cm³/mol. The Balaban J connectivity index is 1.88. The zero-order chi connectivity index (χ0) is 20.7. The van der Waals surface area contributed by atoms with Gasteiger partial charge in [0.25, 0.3) is 5.91 Å². The number of nitrogens with two attached hydrogens (primary N) is 1. The quantitative estimate of drug-likeness (QED) is 0.539. The van der Waals surface area contributed by atoms with Gasteiger partial charge < -0.3 is 11.1 Å². The molecule has 3 heterocycles. The number of nitrogens with zero attached hydrogens (tertiary/aromatic N) is 5. The van der Waals surface area contributed by atoms with Gasteiger partial charge in [0, 0.05) is 47.7 Å². The molecule has 0 aliphatic rings. The van der Waals surface area contributed by atoms with Crippen molar-refractivity contribution < 1.29 is 4.79 Å². The number of halogens is 1. The molecule has 1 aromatic carbocycles. The lowest BCUT2D eigenvalue weighted by Crippen LogP contribution is -2.14. The van der Waals surface area contributed by atoms with Gasteiger partial charge in [-0.3, -0.25) is 13.9 Å². The van der Waals surface area contributed by atoms with Crippen molar-refractivity contribution in [2.75, 3.05) is 5.32 Å². The molecule has 0 unspecified atom stereocenters. The fraction of sp³-hybridized carbons (Fsp3) is 0.200. The number of imidazole rings is 1. The van der Waals surface area contributed by atoms with Crippen LogP contribution in [0.15, 0.2) is 36.7 Å². The molecule has 0 radical (unpaired) electrons. The number of rotatable bonds is 4. The number of amides is 1. The second-order valence-corrected chi connectivity index (χ2v) is 7.21. The number of aryl methyl sites for hydroxylation is 3. The Morgan fingerprint density at radius 2 is 2.03 bits per heavy atom. The molecule has 4 aromatic rings. The van der Waals surface area contributed by atoms with Crippen LogP contribution >= 0.6 is 11.6 Å². The minimum atomic E-state index is -0.343. The summed E-state index contributed by atoms with van der Waals surface area (Å²) in [4.78, 5) is 21.7. The van der Waals surface area contributed by atoms with Crippen molar-refractivity contribution in [2.45, 2.75) is 20.4 Å². The molecule has 0 saturated carbocycles. The highest BCUT2D eigenvalue weighted by atomic mass is 35.5. The van der Waals surface area contributed by atoms with Crippen LogP contribution in [0.5, 0.6) is 0 Å². The lowest BCUT2D eigenvalue weighted by molar-refractivity contribution is 0.102. The average molecular weight is 410 g/mol. The van der Waals surface area contributed by atoms with E-state index in [1.165, 1.54) is 0 Å². The lowest BCUT2D eigenvalue weighted by atomic mass is 10.00. The molecule has 3 aromatic heterocycles. The maximum atomic E-state index is 12.7. The molecule has 4 rings (SSSR count). The summed E-state index contributed by atoms with van der Waals surface area (Å²) in [5.41, 5.74) is 10.8. The van der Waals surface area contributed by atoms with Crippen LogP contribution in [0.3, 0.4) is 0 Å². The van der Waals surface area contributed by atoms with E-state index in [0.717, 1.165) is 28.1 Å². The Morgan fingerprint density at radius 1 is 1.24 bits per heavy atom. The van der Waals surface area contributed by atoms with Gasteiger partial charge in [0.15, 0.2) is 0 Å². The summed E-state index contributed by atoms with van der Waals surface area (Å²) >= 11 is 6.14. The summed E-state index contributed by atoms with van der Waals surface area (Å²) in [6.45, 7) is 4.18. The molecule has 0 saturated heterocycles. The van der Waals surface area contributed by atoms with Gasteiger partial charge in [0.1, 0.15) is 11.5 Å². The first-order valence-electron chi connectivity index (χ1n) is 9.03. The van der Waals surface area contributed by atoms with Crippen molar-refractivity contribution in [2.24, 2.45) is 12.8 Å². The third-order valence-corrected chi connectivity index (χ3v) is 5.10. The fourth-order valence-electron chi connectivity index (χ4n) is 3.36. The monoisotopic (exact) mass is 409 g/mol. The summed E-state index contributed by atoms with van der Waals surface area (Å²) < 4.78 is 3.38. The number of aromatic nitrogens is 5. The number of hydrogen-bond donors (Lipinski definition) is 2. The Morgan fingerprint density at radius 3 is 2.69 bits per heavy atom. The largest absolute Gasteiger partial charge is 0.326 e. The predicted octanol–water partition coefficient (Wildman–Crippen LogP) is 3.11. The Kier molecular flexibility index (Phi) is 4.81. The third kappa shape index (κ3) is 3.37. The molecule has 1 amide bonds. The number of anilines is 1. The van der Waals surface area contributed by atoms with Gasteiger partial charge >= 0.3 is 0 Å². The van der Waals surface area contributed by atoms with Crippen molar-refractivity contribution in [1.29, 1.82) is 0 Å². The van der Waals surface area contributed by atoms with Gasteiger partial charge in [-0.25, -0.2) is 9.97 Å². The maximum absolute atomic E-state index is 12.7. The molecule has 148 valence electrons. The van der Waals surface area contributed by atoms with E-state index in [2.05, 4.69) is 20.4 Å². The first-order valence-corrected chi connectivity index (χ1v) is 9.41. The Bertz CT molecular complexity index is 1240. The molecule has 8 nitrogen and oxygen atoms in total. The van der Waals surface area contributed by atoms with Gasteiger partial charge in [0.05, 0.1) is 11.9 Å². The summed E-state index contributed by atoms with van der Waals surface area (Å²) in [6, 6.07) is 7.38. The molecule has 0 bridgehead atoms. The van der Waals surface area contributed by atoms with E-state index < -0.39 is 0 Å². The second-order valence-electron chi connectivity index (χ2n) is 6.78. The van der Waals surface area contributed by atoms with Gasteiger partial charge in [-0.1, -0.05) is 17.7 Å². The van der Waals surface area contributed by atoms with Crippen molar-refractivity contribution in [3.05, 3.63) is 64.2 Å². The Labute approximate surface area is 172 Å². The molecular weight excluding hydrogens is 390 g/mol. The molecule has 0 atom stereocenters. The first-order chi connectivity index (χ1) is 13.9. The highest BCUT2D eigenvalue weighted by Crippen LogP contribution is 2.31. The van der Waals surface area contributed by atoms with E-state index in [0.29, 0.717) is 23.2 Å². The molecule has 0 spiro atoms. The van der Waals surface area contributed by atoms with Crippen LogP contribution < -0.4 is 11.1 Å². The summed E-state index contributed by atoms with van der Waals surface area (Å²) in [6.07, 6.45) is 3.29. The zero-order valence-electron chi connectivity index (χ0n) is 16.3. The minimum absolute atomic E-state index is 0.250. The van der Waals surface area contributed by atoms with Gasteiger partial charge in [-0.2, -0.15) is 5.10 Å². The van der Waals surface area contributed by atoms with E-state index in [4.69, 9.17) is 17.3 Å². The van der Waals surface area contributed by atoms with Crippen LogP contribution in [0.4, 0.5) is 5.82 Å². The van der Waals surface area contributed by atoms with Crippen LogP contribution in [-0.4, -0.2) is 30.1 Å². The van der Waals surface area contributed by atoms with E-state index in [-0.39, 0.29) is 11.6 Å². The van der Waals surface area contributed by atoms with Crippen molar-refractivity contribution in [3.63, 3.8) is 0 Å². The smallest absolute Gasteiger partial charge is 0.277 e. The minimum Gasteiger partial charge on any atom is -0.326 e. The average Bonchev–Trinajstić information content (AvgIpc) is 3.27. The molecule has 0 aliphatic carbocycles. The van der Waals surface area contributed by atoms with Crippen LogP contribution in [0.25, 0.3) is 17.0 Å². The van der Waals surface area contributed by atoms with Crippen LogP contribution in [0.1, 0.15) is 27.3 Å². The fourth-order valence-corrected chi connectivity index (χ4v) is 3.59. The molecule has 0 fully saturated rings. The number of hydrogen-bond acceptors (Lipinski definition) is 5. The van der Waals surface area contributed by atoms with E-state index in [1.807, 2.05) is 36.4 Å².